The molecule has 0 aliphatic rings. The first-order chi connectivity index (χ1) is 36.5. The molecule has 1 rings (SSSR count). The molecule has 0 aliphatic heterocycles. The van der Waals surface area contributed by atoms with E-state index in [-0.39, 0.29) is 19.4 Å². The largest absolute Gasteiger partial charge is 0.480 e. The number of nitrogens with one attached hydrogen (secondary N) is 10. The first-order valence-electron chi connectivity index (χ1n) is 24.8. The molecular formula is C47H77N13O18. The van der Waals surface area contributed by atoms with E-state index in [0.29, 0.717) is 18.4 Å². The van der Waals surface area contributed by atoms with Crippen LogP contribution in [0.15, 0.2) is 30.3 Å². The van der Waals surface area contributed by atoms with Gasteiger partial charge in [-0.3, -0.25) is 57.5 Å². The number of carboxylic acids is 1. The molecule has 22 N–H and O–H groups in total. The minimum Gasteiger partial charge on any atom is -0.480 e. The van der Waals surface area contributed by atoms with E-state index in [2.05, 4.69) is 53.2 Å². The Morgan fingerprint density at radius 1 is 0.474 bits per heavy atom. The van der Waals surface area contributed by atoms with Crippen molar-refractivity contribution in [1.29, 1.82) is 0 Å². The number of aliphatic carboxylic acids is 1. The standard InChI is InChI=1S/C47H77N13O18/c1-21(2)34(43(73)53-27(14-10-11-15-48)38(68)51-22(3)47(77)78)57-45(75)37(25(6)65)60-46(76)36(24(5)64)59-42(72)31(20-62)56-44(74)35(23(4)63)58-40(70)28(16-26-12-8-7-9-13-26)54-39(69)29(17-32(50)66)55-41(71)30(19-61)52-33(67)18-49/h7-9,12-13,21-25,27-31,34-37,61-65H,10-11,14-20,48-49H2,1-6H3,(H2,50,66)(H,51,68)(H,52,67)(H,53,73)(H,54,69)(H,55,71)(H,56,74)(H,57,75)(H,58,70)(H,59,72)(H,60,76)(H,77,78)/t22-,23-,24-,25-,27+,28+,29+,30+,31+,34+,35+,36+,37+/m1/s1. The van der Waals surface area contributed by atoms with Crippen molar-refractivity contribution < 1.29 is 88.2 Å². The lowest BCUT2D eigenvalue weighted by molar-refractivity contribution is -0.142. The molecule has 0 aliphatic carbocycles. The number of carbonyl (C=O) groups is 12. The van der Waals surface area contributed by atoms with Crippen molar-refractivity contribution in [3.63, 3.8) is 0 Å². The van der Waals surface area contributed by atoms with Crippen molar-refractivity contribution in [2.75, 3.05) is 26.3 Å². The zero-order chi connectivity index (χ0) is 59.6. The first-order valence-corrected chi connectivity index (χ1v) is 24.8. The molecule has 0 fully saturated rings. The van der Waals surface area contributed by atoms with Gasteiger partial charge in [-0.1, -0.05) is 44.2 Å². The van der Waals surface area contributed by atoms with E-state index in [1.54, 1.807) is 30.3 Å². The predicted molar refractivity (Wildman–Crippen MR) is 273 cm³/mol. The number of primary amides is 1. The summed E-state index contributed by atoms with van der Waals surface area (Å²) < 4.78 is 0. The lowest BCUT2D eigenvalue weighted by Crippen LogP contribution is -2.64. The number of carboxylic acid groups (broad SMARTS) is 1. The number of rotatable bonds is 35. The Morgan fingerprint density at radius 3 is 1.31 bits per heavy atom. The van der Waals surface area contributed by atoms with Gasteiger partial charge >= 0.3 is 5.97 Å². The number of carbonyl (C=O) groups excluding carboxylic acids is 11. The van der Waals surface area contributed by atoms with E-state index in [4.69, 9.17) is 17.2 Å². The lowest BCUT2D eigenvalue weighted by atomic mass is 10.0. The van der Waals surface area contributed by atoms with Gasteiger partial charge in [-0.25, -0.2) is 0 Å². The average Bonchev–Trinajstić information content (AvgIpc) is 3.37. The zero-order valence-corrected chi connectivity index (χ0v) is 44.1. The second-order valence-corrected chi connectivity index (χ2v) is 18.6. The second kappa shape index (κ2) is 34.4. The summed E-state index contributed by atoms with van der Waals surface area (Å²) in [7, 11) is 0. The van der Waals surface area contributed by atoms with Crippen molar-refractivity contribution in [2.45, 2.75) is 152 Å². The Morgan fingerprint density at radius 2 is 0.859 bits per heavy atom. The predicted octanol–water partition coefficient (Wildman–Crippen LogP) is -9.07. The van der Waals surface area contributed by atoms with Crippen LogP contribution in [-0.4, -0.2) is 207 Å². The van der Waals surface area contributed by atoms with Crippen molar-refractivity contribution in [3.8, 4) is 0 Å². The monoisotopic (exact) mass is 1110 g/mol. The van der Waals surface area contributed by atoms with Crippen LogP contribution in [0.2, 0.25) is 0 Å². The number of aliphatic hydroxyl groups excluding tert-OH is 5. The number of benzene rings is 1. The number of unbranched alkanes of at least 4 members (excludes halogenated alkanes) is 1. The van der Waals surface area contributed by atoms with Gasteiger partial charge in [-0.15, -0.1) is 0 Å². The van der Waals surface area contributed by atoms with Gasteiger partial charge in [-0.05, 0) is 65.0 Å². The third kappa shape index (κ3) is 23.4. The molecule has 0 bridgehead atoms. The highest BCUT2D eigenvalue weighted by atomic mass is 16.4. The average molecular weight is 1110 g/mol. The minimum atomic E-state index is -1.99. The SMILES string of the molecule is CC(C)[C@H](NC(=O)[C@@H](NC(=O)[C@@H](NC(=O)[C@H](CO)NC(=O)[C@@H](NC(=O)[C@H](Cc1ccccc1)NC(=O)[C@H](CC(N)=O)NC(=O)[C@H](CO)NC(=O)CN)[C@@H](C)O)[C@@H](C)O)[C@@H](C)O)C(=O)N[C@@H](CCCCN)C(=O)N[C@H](C)C(=O)O. The molecule has 0 heterocycles. The van der Waals surface area contributed by atoms with Crippen LogP contribution < -0.4 is 70.4 Å². The van der Waals surface area contributed by atoms with E-state index in [1.165, 1.54) is 20.8 Å². The molecule has 11 amide bonds. The fraction of sp³-hybridized carbons (Fsp3) is 0.617. The summed E-state index contributed by atoms with van der Waals surface area (Å²) in [5.74, 6) is -14.3. The highest BCUT2D eigenvalue weighted by Crippen LogP contribution is 2.10. The quantitative estimate of drug-likeness (QED) is 0.0281. The molecule has 31 nitrogen and oxygen atoms in total. The molecule has 1 aromatic rings. The molecule has 78 heavy (non-hydrogen) atoms. The molecule has 0 aromatic heterocycles. The van der Waals surface area contributed by atoms with Crippen LogP contribution in [0, 0.1) is 5.92 Å². The number of aliphatic hydroxyl groups is 5. The lowest BCUT2D eigenvalue weighted by Gasteiger charge is -2.30. The number of hydrogen-bond donors (Lipinski definition) is 19. The van der Waals surface area contributed by atoms with Gasteiger partial charge in [0, 0.05) is 6.42 Å². The van der Waals surface area contributed by atoms with Crippen molar-refractivity contribution in [3.05, 3.63) is 35.9 Å². The number of amides is 11. The van der Waals surface area contributed by atoms with Crippen LogP contribution in [-0.2, 0) is 64.0 Å². The molecule has 31 heteroatoms. The van der Waals surface area contributed by atoms with E-state index in [9.17, 15) is 88.2 Å². The topological polar surface area (TPSA) is 525 Å². The summed E-state index contributed by atoms with van der Waals surface area (Å²) in [6.45, 7) is 4.95. The van der Waals surface area contributed by atoms with Gasteiger partial charge < -0.3 is 101 Å². The minimum absolute atomic E-state index is 0.0388. The molecule has 0 saturated heterocycles. The molecule has 1 aromatic carbocycles. The normalized spacial score (nSPS) is 16.1. The fourth-order valence-corrected chi connectivity index (χ4v) is 7.06. The van der Waals surface area contributed by atoms with E-state index >= 15 is 0 Å². The Balaban J connectivity index is 3.36. The van der Waals surface area contributed by atoms with Crippen LogP contribution in [0.25, 0.3) is 0 Å². The van der Waals surface area contributed by atoms with Gasteiger partial charge in [0.05, 0.1) is 44.5 Å². The summed E-state index contributed by atoms with van der Waals surface area (Å²) in [6.07, 6.45) is -5.60. The van der Waals surface area contributed by atoms with Gasteiger partial charge in [-0.2, -0.15) is 0 Å². The van der Waals surface area contributed by atoms with Gasteiger partial charge in [0.15, 0.2) is 0 Å². The smallest absolute Gasteiger partial charge is 0.325 e. The van der Waals surface area contributed by atoms with Crippen LogP contribution in [0.5, 0.6) is 0 Å². The number of hydrogen-bond acceptors (Lipinski definition) is 19. The number of nitrogens with two attached hydrogens (primary N) is 3. The Hall–Kier alpha value is -7.42. The molecule has 438 valence electrons. The van der Waals surface area contributed by atoms with Crippen LogP contribution in [0.3, 0.4) is 0 Å². The summed E-state index contributed by atoms with van der Waals surface area (Å²) in [5, 5.41) is 83.5. The molecule has 13 atom stereocenters. The Kier molecular flexibility index (Phi) is 30.2. The van der Waals surface area contributed by atoms with Gasteiger partial charge in [0.25, 0.3) is 0 Å². The summed E-state index contributed by atoms with van der Waals surface area (Å²) >= 11 is 0. The summed E-state index contributed by atoms with van der Waals surface area (Å²) in [4.78, 5) is 157. The van der Waals surface area contributed by atoms with E-state index in [1.807, 2.05) is 0 Å². The van der Waals surface area contributed by atoms with Crippen molar-refractivity contribution >= 4 is 70.9 Å². The van der Waals surface area contributed by atoms with Crippen molar-refractivity contribution in [2.24, 2.45) is 23.1 Å². The second-order valence-electron chi connectivity index (χ2n) is 18.6. The third-order valence-corrected chi connectivity index (χ3v) is 11.5. The molecule has 0 unspecified atom stereocenters. The molecule has 0 radical (unpaired) electrons. The maximum Gasteiger partial charge on any atom is 0.325 e. The van der Waals surface area contributed by atoms with Crippen molar-refractivity contribution in [1.82, 2.24) is 53.2 Å². The zero-order valence-electron chi connectivity index (χ0n) is 44.1. The highest BCUT2D eigenvalue weighted by Gasteiger charge is 2.39. The van der Waals surface area contributed by atoms with Crippen LogP contribution in [0.1, 0.15) is 72.8 Å². The first kappa shape index (κ1) is 68.6. The van der Waals surface area contributed by atoms with E-state index < -0.39 is 182 Å². The highest BCUT2D eigenvalue weighted by molar-refractivity contribution is 6.00. The Bertz CT molecular complexity index is 2220. The van der Waals surface area contributed by atoms with Crippen LogP contribution in [0.4, 0.5) is 0 Å². The molecule has 0 spiro atoms. The van der Waals surface area contributed by atoms with Crippen LogP contribution >= 0.6 is 0 Å². The molecule has 0 saturated carbocycles. The van der Waals surface area contributed by atoms with Gasteiger partial charge in [0.1, 0.15) is 60.4 Å². The third-order valence-electron chi connectivity index (χ3n) is 11.5. The maximum absolute atomic E-state index is 13.9. The maximum atomic E-state index is 13.9. The Labute approximate surface area is 449 Å². The fourth-order valence-electron chi connectivity index (χ4n) is 7.06. The summed E-state index contributed by atoms with van der Waals surface area (Å²) in [6, 6.07) is -9.02. The van der Waals surface area contributed by atoms with Gasteiger partial charge in [0.2, 0.25) is 65.0 Å². The van der Waals surface area contributed by atoms with E-state index in [0.717, 1.165) is 20.8 Å². The summed E-state index contributed by atoms with van der Waals surface area (Å²) in [5.41, 5.74) is 16.6. The molecular weight excluding hydrogens is 1030 g/mol.